The molecule has 0 unspecified atom stereocenters. The minimum atomic E-state index is -2.02. The van der Waals surface area contributed by atoms with Gasteiger partial charge >= 0.3 is 23.9 Å². The number of aromatic nitrogens is 1. The highest BCUT2D eigenvalue weighted by Gasteiger charge is 2.52. The van der Waals surface area contributed by atoms with Crippen LogP contribution < -0.4 is 0 Å². The number of rotatable bonds is 4. The van der Waals surface area contributed by atoms with Crippen LogP contribution >= 0.6 is 0 Å². The van der Waals surface area contributed by atoms with Crippen LogP contribution in [0.15, 0.2) is 84.9 Å². The van der Waals surface area contributed by atoms with Gasteiger partial charge in [-0.1, -0.05) is 60.7 Å². The molecule has 13 nitrogen and oxygen atoms in total. The minimum absolute atomic E-state index is 0.0183. The number of benzene rings is 2. The summed E-state index contributed by atoms with van der Waals surface area (Å²) in [6, 6.07) is 23.5. The highest BCUT2D eigenvalue weighted by molar-refractivity contribution is 5.96. The first kappa shape index (κ1) is 33.9. The fourth-order valence-electron chi connectivity index (χ4n) is 7.33. The van der Waals surface area contributed by atoms with E-state index < -0.39 is 23.8 Å². The molecule has 4 aliphatic rings. The Morgan fingerprint density at radius 3 is 1.75 bits per heavy atom. The fourth-order valence-corrected chi connectivity index (χ4v) is 7.33. The van der Waals surface area contributed by atoms with Crippen LogP contribution in [0.25, 0.3) is 22.5 Å². The zero-order valence-corrected chi connectivity index (χ0v) is 28.5. The lowest BCUT2D eigenvalue weighted by atomic mass is 10.0. The van der Waals surface area contributed by atoms with Gasteiger partial charge in [0, 0.05) is 94.2 Å². The standard InChI is InChI=1S/C38H40N6O7/c1-27(45)44-23-22-43(26-38(44)50-34(46)12-13-35(47)51-38)37(49)42-16-14-31(15-17-42)40-18-20-41(21-19-40)36(48)30-24-32(28-8-4-2-5-9-28)39-33(25-30)29-10-6-3-7-11-29/h2-13,24-25,31H,14-23,26H2,1H3. The van der Waals surface area contributed by atoms with E-state index in [1.165, 1.54) is 16.7 Å². The van der Waals surface area contributed by atoms with E-state index in [0.717, 1.165) is 60.6 Å². The first-order chi connectivity index (χ1) is 24.7. The van der Waals surface area contributed by atoms with Crippen molar-refractivity contribution < 1.29 is 33.4 Å². The molecule has 1 spiro atoms. The molecule has 7 rings (SSSR count). The smallest absolute Gasteiger partial charge is 0.363 e. The van der Waals surface area contributed by atoms with Crippen LogP contribution in [0, 0.1) is 0 Å². The minimum Gasteiger partial charge on any atom is -0.399 e. The summed E-state index contributed by atoms with van der Waals surface area (Å²) >= 11 is 0. The molecular formula is C38H40N6O7. The second-order valence-corrected chi connectivity index (χ2v) is 13.2. The molecule has 5 heterocycles. The van der Waals surface area contributed by atoms with Gasteiger partial charge in [0.1, 0.15) is 6.54 Å². The largest absolute Gasteiger partial charge is 0.399 e. The molecule has 13 heteroatoms. The first-order valence-corrected chi connectivity index (χ1v) is 17.3. The third-order valence-corrected chi connectivity index (χ3v) is 9.99. The number of carbonyl (C=O) groups excluding carboxylic acids is 5. The summed E-state index contributed by atoms with van der Waals surface area (Å²) in [6.45, 7) is 4.95. The summed E-state index contributed by atoms with van der Waals surface area (Å²) in [5.41, 5.74) is 4.02. The number of pyridine rings is 1. The number of piperidine rings is 1. The number of esters is 2. The van der Waals surface area contributed by atoms with E-state index in [1.807, 2.05) is 77.7 Å². The van der Waals surface area contributed by atoms with E-state index in [4.69, 9.17) is 14.5 Å². The third kappa shape index (κ3) is 7.20. The SMILES string of the molecule is CC(=O)N1CCN(C(=O)N2CCC(N3CCN(C(=O)c4cc(-c5ccccc5)nc(-c5ccccc5)c4)CC3)CC2)CC12OC(=O)C=CC(=O)O2. The van der Waals surface area contributed by atoms with Crippen molar-refractivity contribution in [3.8, 4) is 22.5 Å². The average molecular weight is 693 g/mol. The molecule has 4 amide bonds. The van der Waals surface area contributed by atoms with Crippen molar-refractivity contribution in [2.75, 3.05) is 58.9 Å². The van der Waals surface area contributed by atoms with Gasteiger partial charge in [-0.3, -0.25) is 19.4 Å². The number of likely N-dealkylation sites (tertiary alicyclic amines) is 1. The van der Waals surface area contributed by atoms with Crippen molar-refractivity contribution in [2.24, 2.45) is 0 Å². The van der Waals surface area contributed by atoms with Gasteiger partial charge in [0.2, 0.25) is 5.91 Å². The van der Waals surface area contributed by atoms with Crippen molar-refractivity contribution in [3.63, 3.8) is 0 Å². The van der Waals surface area contributed by atoms with Crippen molar-refractivity contribution >= 4 is 29.8 Å². The number of hydrogen-bond donors (Lipinski definition) is 0. The Bertz CT molecular complexity index is 1760. The molecule has 2 aromatic carbocycles. The van der Waals surface area contributed by atoms with Crippen LogP contribution in [0.4, 0.5) is 4.79 Å². The molecule has 0 aliphatic carbocycles. The molecule has 0 radical (unpaired) electrons. The van der Waals surface area contributed by atoms with E-state index >= 15 is 0 Å². The number of carbonyl (C=O) groups is 5. The summed E-state index contributed by atoms with van der Waals surface area (Å²) < 4.78 is 10.9. The van der Waals surface area contributed by atoms with Crippen molar-refractivity contribution in [1.82, 2.24) is 29.5 Å². The van der Waals surface area contributed by atoms with Crippen LogP contribution in [0.2, 0.25) is 0 Å². The van der Waals surface area contributed by atoms with Gasteiger partial charge in [0.05, 0.1) is 11.4 Å². The molecule has 0 saturated carbocycles. The molecule has 1 aromatic heterocycles. The zero-order chi connectivity index (χ0) is 35.5. The Kier molecular flexibility index (Phi) is 9.54. The molecule has 3 aromatic rings. The van der Waals surface area contributed by atoms with E-state index in [0.29, 0.717) is 31.7 Å². The van der Waals surface area contributed by atoms with Gasteiger partial charge in [-0.05, 0) is 25.0 Å². The molecule has 51 heavy (non-hydrogen) atoms. The monoisotopic (exact) mass is 692 g/mol. The quantitative estimate of drug-likeness (QED) is 0.378. The average Bonchev–Trinajstić information content (AvgIpc) is 3.31. The second-order valence-electron chi connectivity index (χ2n) is 13.2. The Labute approximate surface area is 296 Å². The molecule has 264 valence electrons. The second kappa shape index (κ2) is 14.4. The summed E-state index contributed by atoms with van der Waals surface area (Å²) in [6.07, 6.45) is 3.41. The van der Waals surface area contributed by atoms with Crippen LogP contribution in [0.5, 0.6) is 0 Å². The van der Waals surface area contributed by atoms with E-state index in [-0.39, 0.29) is 37.6 Å². The van der Waals surface area contributed by atoms with E-state index in [2.05, 4.69) is 4.90 Å². The van der Waals surface area contributed by atoms with E-state index in [1.54, 1.807) is 4.90 Å². The number of hydrogen-bond acceptors (Lipinski definition) is 9. The Morgan fingerprint density at radius 2 is 1.22 bits per heavy atom. The van der Waals surface area contributed by atoms with Crippen LogP contribution in [0.3, 0.4) is 0 Å². The van der Waals surface area contributed by atoms with Gasteiger partial charge < -0.3 is 24.2 Å². The van der Waals surface area contributed by atoms with Gasteiger partial charge in [-0.2, -0.15) is 0 Å². The molecular weight excluding hydrogens is 652 g/mol. The number of ether oxygens (including phenoxy) is 2. The molecule has 3 saturated heterocycles. The highest BCUT2D eigenvalue weighted by Crippen LogP contribution is 2.30. The summed E-state index contributed by atoms with van der Waals surface area (Å²) in [5.74, 6) is -4.15. The number of piperazine rings is 2. The maximum absolute atomic E-state index is 13.9. The van der Waals surface area contributed by atoms with Gasteiger partial charge in [0.25, 0.3) is 5.91 Å². The topological polar surface area (TPSA) is 133 Å². The van der Waals surface area contributed by atoms with Crippen molar-refractivity contribution in [3.05, 3.63) is 90.5 Å². The lowest BCUT2D eigenvalue weighted by Crippen LogP contribution is -2.68. The third-order valence-electron chi connectivity index (χ3n) is 9.99. The Balaban J connectivity index is 0.961. The van der Waals surface area contributed by atoms with Gasteiger partial charge in [-0.15, -0.1) is 0 Å². The van der Waals surface area contributed by atoms with Crippen LogP contribution in [0.1, 0.15) is 30.1 Å². The Hall–Kier alpha value is -5.56. The van der Waals surface area contributed by atoms with Crippen LogP contribution in [-0.4, -0.2) is 130 Å². The molecule has 0 N–H and O–H groups in total. The zero-order valence-electron chi connectivity index (χ0n) is 28.5. The molecule has 0 atom stereocenters. The van der Waals surface area contributed by atoms with Gasteiger partial charge in [-0.25, -0.2) is 19.4 Å². The molecule has 4 aliphatic heterocycles. The lowest BCUT2D eigenvalue weighted by molar-refractivity contribution is -0.288. The fraction of sp³-hybridized carbons (Fsp3) is 0.368. The van der Waals surface area contributed by atoms with Crippen molar-refractivity contribution in [2.45, 2.75) is 31.7 Å². The van der Waals surface area contributed by atoms with Crippen molar-refractivity contribution in [1.29, 1.82) is 0 Å². The summed E-state index contributed by atoms with van der Waals surface area (Å²) in [7, 11) is 0. The maximum atomic E-state index is 13.9. The molecule has 0 bridgehead atoms. The molecule has 3 fully saturated rings. The Morgan fingerprint density at radius 1 is 0.686 bits per heavy atom. The predicted molar refractivity (Wildman–Crippen MR) is 186 cm³/mol. The maximum Gasteiger partial charge on any atom is 0.363 e. The summed E-state index contributed by atoms with van der Waals surface area (Å²) in [5, 5.41) is 0. The van der Waals surface area contributed by atoms with Crippen LogP contribution in [-0.2, 0) is 23.9 Å². The number of nitrogens with zero attached hydrogens (tertiary/aromatic N) is 6. The predicted octanol–water partition coefficient (Wildman–Crippen LogP) is 3.23. The summed E-state index contributed by atoms with van der Waals surface area (Å²) in [4.78, 5) is 78.1. The van der Waals surface area contributed by atoms with E-state index in [9.17, 15) is 24.0 Å². The number of amides is 4. The number of urea groups is 1. The highest BCUT2D eigenvalue weighted by atomic mass is 16.8. The lowest BCUT2D eigenvalue weighted by Gasteiger charge is -2.48. The van der Waals surface area contributed by atoms with Gasteiger partial charge in [0.15, 0.2) is 0 Å². The first-order valence-electron chi connectivity index (χ1n) is 17.3. The normalized spacial score (nSPS) is 19.8.